The second-order valence-electron chi connectivity index (χ2n) is 6.06. The summed E-state index contributed by atoms with van der Waals surface area (Å²) < 4.78 is 28.2. The first kappa shape index (κ1) is 14.3. The molecule has 21 heavy (non-hydrogen) atoms. The zero-order valence-electron chi connectivity index (χ0n) is 12.3. The fraction of sp³-hybridized carbons (Fsp3) is 0.562. The van der Waals surface area contributed by atoms with Crippen molar-refractivity contribution in [3.05, 3.63) is 35.4 Å². The van der Waals surface area contributed by atoms with Gasteiger partial charge < -0.3 is 10.2 Å². The van der Waals surface area contributed by atoms with Crippen molar-refractivity contribution in [2.24, 2.45) is 4.99 Å². The highest BCUT2D eigenvalue weighted by atomic mass is 19.1. The van der Waals surface area contributed by atoms with Crippen LogP contribution in [-0.4, -0.2) is 37.5 Å². The molecule has 3 nitrogen and oxygen atoms in total. The van der Waals surface area contributed by atoms with Crippen LogP contribution < -0.4 is 5.32 Å². The number of aliphatic imine (C=N–C) groups is 1. The molecule has 0 bridgehead atoms. The van der Waals surface area contributed by atoms with E-state index in [4.69, 9.17) is 0 Å². The van der Waals surface area contributed by atoms with Crippen LogP contribution in [0.3, 0.4) is 0 Å². The third-order valence-electron chi connectivity index (χ3n) is 4.66. The maximum absolute atomic E-state index is 14.1. The SMILES string of the molecule is CN1CCCN=C1NCC1(c2c(F)cccc2F)CCC1. The van der Waals surface area contributed by atoms with Crippen molar-refractivity contribution in [2.45, 2.75) is 31.1 Å². The van der Waals surface area contributed by atoms with E-state index in [9.17, 15) is 8.78 Å². The summed E-state index contributed by atoms with van der Waals surface area (Å²) in [6.45, 7) is 2.31. The second-order valence-corrected chi connectivity index (χ2v) is 6.06. The van der Waals surface area contributed by atoms with Crippen molar-refractivity contribution < 1.29 is 8.78 Å². The summed E-state index contributed by atoms with van der Waals surface area (Å²) in [5, 5.41) is 3.31. The van der Waals surface area contributed by atoms with E-state index in [1.54, 1.807) is 0 Å². The third kappa shape index (κ3) is 2.61. The summed E-state index contributed by atoms with van der Waals surface area (Å²) in [5.41, 5.74) is -0.196. The second kappa shape index (κ2) is 5.62. The van der Waals surface area contributed by atoms with Crippen molar-refractivity contribution in [3.8, 4) is 0 Å². The van der Waals surface area contributed by atoms with Crippen LogP contribution in [0, 0.1) is 11.6 Å². The van der Waals surface area contributed by atoms with Gasteiger partial charge in [0, 0.05) is 37.7 Å². The summed E-state index contributed by atoms with van der Waals surface area (Å²) in [6, 6.07) is 4.12. The van der Waals surface area contributed by atoms with Crippen molar-refractivity contribution in [1.82, 2.24) is 10.2 Å². The summed E-state index contributed by atoms with van der Waals surface area (Å²) in [7, 11) is 1.99. The molecular weight excluding hydrogens is 272 g/mol. The maximum Gasteiger partial charge on any atom is 0.193 e. The molecule has 1 heterocycles. The smallest absolute Gasteiger partial charge is 0.193 e. The van der Waals surface area contributed by atoms with Gasteiger partial charge in [0.2, 0.25) is 0 Å². The predicted octanol–water partition coefficient (Wildman–Crippen LogP) is 2.67. The third-order valence-corrected chi connectivity index (χ3v) is 4.66. The van der Waals surface area contributed by atoms with Crippen molar-refractivity contribution in [2.75, 3.05) is 26.7 Å². The Morgan fingerprint density at radius 1 is 1.24 bits per heavy atom. The van der Waals surface area contributed by atoms with Gasteiger partial charge in [0.15, 0.2) is 5.96 Å². The Morgan fingerprint density at radius 2 is 1.95 bits per heavy atom. The number of guanidine groups is 1. The highest BCUT2D eigenvalue weighted by molar-refractivity contribution is 5.80. The van der Waals surface area contributed by atoms with Crippen LogP contribution in [-0.2, 0) is 5.41 Å². The van der Waals surface area contributed by atoms with Gasteiger partial charge in [0.1, 0.15) is 11.6 Å². The summed E-state index contributed by atoms with van der Waals surface area (Å²) >= 11 is 0. The van der Waals surface area contributed by atoms with Crippen LogP contribution >= 0.6 is 0 Å². The molecule has 3 rings (SSSR count). The lowest BCUT2D eigenvalue weighted by molar-refractivity contribution is 0.225. The van der Waals surface area contributed by atoms with Crippen molar-refractivity contribution >= 4 is 5.96 Å². The summed E-state index contributed by atoms with van der Waals surface area (Å²) in [4.78, 5) is 6.52. The Labute approximate surface area is 124 Å². The lowest BCUT2D eigenvalue weighted by Crippen LogP contribution is -2.51. The highest BCUT2D eigenvalue weighted by Gasteiger charge is 2.42. The first-order valence-corrected chi connectivity index (χ1v) is 7.56. The largest absolute Gasteiger partial charge is 0.355 e. The number of benzene rings is 1. The van der Waals surface area contributed by atoms with Gasteiger partial charge in [0.25, 0.3) is 0 Å². The summed E-state index contributed by atoms with van der Waals surface area (Å²) in [6.07, 6.45) is 3.69. The lowest BCUT2D eigenvalue weighted by atomic mass is 9.64. The minimum Gasteiger partial charge on any atom is -0.355 e. The van der Waals surface area contributed by atoms with E-state index in [0.717, 1.165) is 44.7 Å². The highest BCUT2D eigenvalue weighted by Crippen LogP contribution is 2.45. The number of nitrogens with zero attached hydrogens (tertiary/aromatic N) is 2. The van der Waals surface area contributed by atoms with E-state index in [1.165, 1.54) is 18.2 Å². The Hall–Kier alpha value is -1.65. The molecular formula is C16H21F2N3. The normalized spacial score (nSPS) is 20.7. The van der Waals surface area contributed by atoms with E-state index < -0.39 is 17.0 Å². The topological polar surface area (TPSA) is 27.6 Å². The molecule has 114 valence electrons. The number of halogens is 2. The maximum atomic E-state index is 14.1. The van der Waals surface area contributed by atoms with Crippen LogP contribution in [0.25, 0.3) is 0 Å². The first-order valence-electron chi connectivity index (χ1n) is 7.56. The molecule has 0 radical (unpaired) electrons. The van der Waals surface area contributed by atoms with E-state index in [2.05, 4.69) is 15.2 Å². The molecule has 5 heteroatoms. The Balaban J connectivity index is 1.80. The van der Waals surface area contributed by atoms with Crippen LogP contribution in [0.2, 0.25) is 0 Å². The van der Waals surface area contributed by atoms with Gasteiger partial charge >= 0.3 is 0 Å². The van der Waals surface area contributed by atoms with E-state index in [1.807, 2.05) is 7.05 Å². The molecule has 1 aromatic rings. The molecule has 2 aliphatic rings. The molecule has 1 saturated carbocycles. The van der Waals surface area contributed by atoms with Gasteiger partial charge in [-0.25, -0.2) is 8.78 Å². The van der Waals surface area contributed by atoms with Crippen LogP contribution in [0.5, 0.6) is 0 Å². The van der Waals surface area contributed by atoms with Crippen LogP contribution in [0.4, 0.5) is 8.78 Å². The fourth-order valence-electron chi connectivity index (χ4n) is 3.28. The Kier molecular flexibility index (Phi) is 3.83. The van der Waals surface area contributed by atoms with E-state index in [0.29, 0.717) is 6.54 Å². The zero-order chi connectivity index (χ0) is 14.9. The number of hydrogen-bond acceptors (Lipinski definition) is 3. The first-order chi connectivity index (χ1) is 10.1. The molecule has 1 aliphatic heterocycles. The standard InChI is InChI=1S/C16H21F2N3/c1-21-10-4-9-19-15(21)20-11-16(7-3-8-16)14-12(17)5-2-6-13(14)18/h2,5-6H,3-4,7-11H2,1H3,(H,19,20). The molecule has 0 amide bonds. The van der Waals surface area contributed by atoms with Crippen molar-refractivity contribution in [1.29, 1.82) is 0 Å². The average Bonchev–Trinajstić information content (AvgIpc) is 2.42. The molecule has 0 unspecified atom stereocenters. The zero-order valence-corrected chi connectivity index (χ0v) is 12.3. The molecule has 1 aromatic carbocycles. The van der Waals surface area contributed by atoms with Gasteiger partial charge in [-0.1, -0.05) is 12.5 Å². The van der Waals surface area contributed by atoms with Gasteiger partial charge in [0.05, 0.1) is 0 Å². The molecule has 0 aromatic heterocycles. The number of rotatable bonds is 3. The number of nitrogens with one attached hydrogen (secondary N) is 1. The lowest BCUT2D eigenvalue weighted by Gasteiger charge is -2.43. The van der Waals surface area contributed by atoms with Gasteiger partial charge in [-0.05, 0) is 31.4 Å². The monoisotopic (exact) mass is 293 g/mol. The molecule has 0 saturated heterocycles. The fourth-order valence-corrected chi connectivity index (χ4v) is 3.28. The van der Waals surface area contributed by atoms with Gasteiger partial charge in [-0.2, -0.15) is 0 Å². The Morgan fingerprint density at radius 3 is 2.52 bits per heavy atom. The minimum absolute atomic E-state index is 0.239. The van der Waals surface area contributed by atoms with Crippen LogP contribution in [0.15, 0.2) is 23.2 Å². The van der Waals surface area contributed by atoms with Crippen molar-refractivity contribution in [3.63, 3.8) is 0 Å². The molecule has 1 fully saturated rings. The van der Waals surface area contributed by atoms with E-state index in [-0.39, 0.29) is 5.56 Å². The molecule has 0 spiro atoms. The number of hydrogen-bond donors (Lipinski definition) is 1. The van der Waals surface area contributed by atoms with Gasteiger partial charge in [-0.3, -0.25) is 4.99 Å². The van der Waals surface area contributed by atoms with Gasteiger partial charge in [-0.15, -0.1) is 0 Å². The van der Waals surface area contributed by atoms with Crippen LogP contribution in [0.1, 0.15) is 31.2 Å². The molecule has 0 atom stereocenters. The minimum atomic E-state index is -0.435. The average molecular weight is 293 g/mol. The predicted molar refractivity (Wildman–Crippen MR) is 79.4 cm³/mol. The molecule has 1 N–H and O–H groups in total. The Bertz CT molecular complexity index is 532. The quantitative estimate of drug-likeness (QED) is 0.928. The molecule has 1 aliphatic carbocycles. The summed E-state index contributed by atoms with van der Waals surface area (Å²) in [5.74, 6) is -0.0323. The van der Waals surface area contributed by atoms with E-state index >= 15 is 0 Å².